The number of halogens is 1. The van der Waals surface area contributed by atoms with Gasteiger partial charge in [-0.25, -0.2) is 4.39 Å². The van der Waals surface area contributed by atoms with Crippen molar-refractivity contribution in [3.63, 3.8) is 0 Å². The SMILES string of the molecule is C#CCC(CC(=O)OCCOCCC)Cc1ccc(O[C@@H]2OC(CO)[C@@H](O[C@H]3OC(CO)[C@@H](O[C@H]4OC(CO)[C@@H](O[C@H]5OC(CO)[C@@H](O)[C@H](O)C5O)[C@H](O)C4O)[C@H](O)C3O)[C@H](O)C2O)c(CF)c1. The van der Waals surface area contributed by atoms with Crippen LogP contribution in [0.5, 0.6) is 5.75 Å². The summed E-state index contributed by atoms with van der Waals surface area (Å²) in [5.74, 6) is 1.61. The summed E-state index contributed by atoms with van der Waals surface area (Å²) < 4.78 is 70.0. The number of terminal acetylenes is 1. The Hall–Kier alpha value is -2.86. The summed E-state index contributed by atoms with van der Waals surface area (Å²) in [4.78, 5) is 12.4. The lowest BCUT2D eigenvalue weighted by Crippen LogP contribution is -2.67. The normalized spacial score (nSPS) is 39.2. The van der Waals surface area contributed by atoms with Gasteiger partial charge in [0, 0.05) is 25.0 Å². The van der Waals surface area contributed by atoms with Crippen molar-refractivity contribution >= 4 is 5.97 Å². The van der Waals surface area contributed by atoms with E-state index in [0.29, 0.717) is 12.2 Å². The van der Waals surface area contributed by atoms with Crippen LogP contribution in [-0.4, -0.2) is 241 Å². The number of carbonyl (C=O) groups is 1. The van der Waals surface area contributed by atoms with Crippen LogP contribution in [0.3, 0.4) is 0 Å². The first-order valence-electron chi connectivity index (χ1n) is 22.2. The van der Waals surface area contributed by atoms with Crippen molar-refractivity contribution < 1.29 is 123 Å². The molecule has 0 aromatic heterocycles. The van der Waals surface area contributed by atoms with Crippen LogP contribution >= 0.6 is 0 Å². The molecule has 25 heteroatoms. The van der Waals surface area contributed by atoms with E-state index >= 15 is 0 Å². The minimum Gasteiger partial charge on any atom is -0.463 e. The molecular weight excluding hydrogens is 919 g/mol. The van der Waals surface area contributed by atoms with E-state index in [4.69, 9.17) is 53.8 Å². The monoisotopic (exact) mass is 984 g/mol. The molecular formula is C43H65FO24. The summed E-state index contributed by atoms with van der Waals surface area (Å²) in [5.41, 5.74) is 0.608. The third kappa shape index (κ3) is 13.5. The Morgan fingerprint density at radius 3 is 1.59 bits per heavy atom. The topological polar surface area (TPSA) is 372 Å². The lowest BCUT2D eigenvalue weighted by molar-refractivity contribution is -0.387. The van der Waals surface area contributed by atoms with Crippen LogP contribution in [0.15, 0.2) is 18.2 Å². The number of carbonyl (C=O) groups excluding carboxylic acids is 1. The van der Waals surface area contributed by atoms with Crippen molar-refractivity contribution in [1.82, 2.24) is 0 Å². The van der Waals surface area contributed by atoms with Gasteiger partial charge in [0.1, 0.15) is 117 Å². The Bertz CT molecular complexity index is 1720. The molecule has 4 aliphatic heterocycles. The van der Waals surface area contributed by atoms with Crippen molar-refractivity contribution in [2.24, 2.45) is 5.92 Å². The molecule has 4 aliphatic rings. The fraction of sp³-hybridized carbons (Fsp3) is 0.791. The molecule has 13 N–H and O–H groups in total. The molecule has 0 aliphatic carbocycles. The summed E-state index contributed by atoms with van der Waals surface area (Å²) in [7, 11) is 0. The van der Waals surface area contributed by atoms with Gasteiger partial charge in [0.05, 0.1) is 33.0 Å². The van der Waals surface area contributed by atoms with Gasteiger partial charge in [0.2, 0.25) is 6.29 Å². The predicted octanol–water partition coefficient (Wildman–Crippen LogP) is -5.65. The second-order valence-corrected chi connectivity index (χ2v) is 16.8. The van der Waals surface area contributed by atoms with Gasteiger partial charge in [-0.05, 0) is 36.5 Å². The van der Waals surface area contributed by atoms with Gasteiger partial charge in [-0.2, -0.15) is 0 Å². The highest BCUT2D eigenvalue weighted by atomic mass is 19.1. The van der Waals surface area contributed by atoms with Crippen molar-refractivity contribution in [2.45, 2.75) is 162 Å². The van der Waals surface area contributed by atoms with Crippen LogP contribution in [0, 0.1) is 18.3 Å². The maximum absolute atomic E-state index is 14.4. The van der Waals surface area contributed by atoms with Gasteiger partial charge in [0.25, 0.3) is 0 Å². The van der Waals surface area contributed by atoms with E-state index in [9.17, 15) is 75.6 Å². The molecule has 21 atom stereocenters. The Morgan fingerprint density at radius 1 is 0.647 bits per heavy atom. The molecule has 4 fully saturated rings. The molecule has 0 saturated carbocycles. The van der Waals surface area contributed by atoms with Crippen LogP contribution in [-0.2, 0) is 60.5 Å². The van der Waals surface area contributed by atoms with Crippen LogP contribution in [0.1, 0.15) is 37.3 Å². The van der Waals surface area contributed by atoms with E-state index < -0.39 is 162 Å². The summed E-state index contributed by atoms with van der Waals surface area (Å²) in [6.45, 7) is -1.81. The Kier molecular flexibility index (Phi) is 21.9. The second kappa shape index (κ2) is 26.5. The van der Waals surface area contributed by atoms with E-state index in [-0.39, 0.29) is 49.7 Å². The maximum atomic E-state index is 14.4. The number of hydrogen-bond donors (Lipinski definition) is 13. The van der Waals surface area contributed by atoms with E-state index in [1.165, 1.54) is 12.1 Å². The summed E-state index contributed by atoms with van der Waals surface area (Å²) in [6.07, 6.45) is -29.5. The van der Waals surface area contributed by atoms with Gasteiger partial charge in [-0.15, -0.1) is 12.3 Å². The predicted molar refractivity (Wildman–Crippen MR) is 221 cm³/mol. The molecule has 4 heterocycles. The molecule has 388 valence electrons. The first kappa shape index (κ1) is 56.1. The molecule has 0 radical (unpaired) electrons. The number of hydrogen-bond acceptors (Lipinski definition) is 24. The largest absolute Gasteiger partial charge is 0.463 e. The summed E-state index contributed by atoms with van der Waals surface area (Å²) in [6, 6.07) is 4.44. The maximum Gasteiger partial charge on any atom is 0.306 e. The molecule has 4 saturated heterocycles. The highest BCUT2D eigenvalue weighted by molar-refractivity contribution is 5.69. The molecule has 1 aromatic rings. The average molecular weight is 985 g/mol. The van der Waals surface area contributed by atoms with Crippen LogP contribution < -0.4 is 4.74 Å². The minimum atomic E-state index is -2.09. The minimum absolute atomic E-state index is 0.00165. The number of ether oxygens (including phenoxy) is 10. The quantitative estimate of drug-likeness (QED) is 0.0276. The molecule has 24 nitrogen and oxygen atoms in total. The van der Waals surface area contributed by atoms with Gasteiger partial charge >= 0.3 is 5.97 Å². The fourth-order valence-corrected chi connectivity index (χ4v) is 8.20. The average Bonchev–Trinajstić information content (AvgIpc) is 3.33. The number of benzene rings is 1. The number of alkyl halides is 1. The van der Waals surface area contributed by atoms with Crippen molar-refractivity contribution in [2.75, 3.05) is 46.2 Å². The molecule has 1 aromatic carbocycles. The van der Waals surface area contributed by atoms with Crippen molar-refractivity contribution in [3.8, 4) is 18.1 Å². The lowest BCUT2D eigenvalue weighted by Gasteiger charge is -2.49. The third-order valence-electron chi connectivity index (χ3n) is 11.9. The summed E-state index contributed by atoms with van der Waals surface area (Å²) in [5, 5.41) is 137. The molecule has 68 heavy (non-hydrogen) atoms. The zero-order valence-corrected chi connectivity index (χ0v) is 37.1. The van der Waals surface area contributed by atoms with Crippen molar-refractivity contribution in [1.29, 1.82) is 0 Å². The lowest BCUT2D eigenvalue weighted by atomic mass is 9.92. The molecule has 0 bridgehead atoms. The first-order valence-corrected chi connectivity index (χ1v) is 22.2. The fourth-order valence-electron chi connectivity index (χ4n) is 8.20. The highest BCUT2D eigenvalue weighted by Crippen LogP contribution is 2.35. The van der Waals surface area contributed by atoms with E-state index in [2.05, 4.69) is 5.92 Å². The van der Waals surface area contributed by atoms with Crippen LogP contribution in [0.25, 0.3) is 0 Å². The Labute approximate surface area is 390 Å². The number of aliphatic hydroxyl groups is 13. The zero-order chi connectivity index (χ0) is 49.8. The summed E-state index contributed by atoms with van der Waals surface area (Å²) >= 11 is 0. The zero-order valence-electron chi connectivity index (χ0n) is 37.1. The number of esters is 1. The smallest absolute Gasteiger partial charge is 0.306 e. The Balaban J connectivity index is 1.19. The molecule has 5 rings (SSSR count). The second-order valence-electron chi connectivity index (χ2n) is 16.8. The number of aliphatic hydroxyl groups excluding tert-OH is 13. The van der Waals surface area contributed by atoms with Crippen LogP contribution in [0.4, 0.5) is 4.39 Å². The van der Waals surface area contributed by atoms with E-state index in [1.54, 1.807) is 6.07 Å². The van der Waals surface area contributed by atoms with E-state index in [1.807, 2.05) is 6.92 Å². The van der Waals surface area contributed by atoms with Gasteiger partial charge < -0.3 is 114 Å². The van der Waals surface area contributed by atoms with Crippen molar-refractivity contribution in [3.05, 3.63) is 29.3 Å². The number of rotatable bonds is 23. The van der Waals surface area contributed by atoms with Crippen LogP contribution in [0.2, 0.25) is 0 Å². The first-order chi connectivity index (χ1) is 32.5. The van der Waals surface area contributed by atoms with Gasteiger partial charge in [-0.3, -0.25) is 4.79 Å². The van der Waals surface area contributed by atoms with Gasteiger partial charge in [0.15, 0.2) is 18.9 Å². The van der Waals surface area contributed by atoms with E-state index in [0.717, 1.165) is 6.42 Å². The van der Waals surface area contributed by atoms with Gasteiger partial charge in [-0.1, -0.05) is 13.0 Å². The third-order valence-corrected chi connectivity index (χ3v) is 11.9. The Morgan fingerprint density at radius 2 is 1.12 bits per heavy atom. The standard InChI is InChI=1S/C43H65FO24/c1-3-5-19(13-27(49)60-10-9-59-8-4-2)11-20-6-7-22(21(12-20)14-44)61-40-34(56)30(52)37(24(16-46)63-40)67-42-36(58)32(54)39(26(18-48)65-42)68-43-35(57)31(53)38(25(17-47)64-43)66-41-33(55)29(51)28(50)23(15-45)62-41/h1,6-7,12,19,23-26,28-43,45-48,50-58H,4-5,8-11,13-18H2,2H3/t19?,23?,24?,25?,26?,28-,29+,30-,31-,32-,33?,34?,35?,36?,37-,38-,39-,40-,41-,42-,43-/m1/s1. The molecule has 0 amide bonds. The molecule has 9 unspecified atom stereocenters. The highest BCUT2D eigenvalue weighted by Gasteiger charge is 2.55. The molecule has 0 spiro atoms.